The van der Waals surface area contributed by atoms with Crippen LogP contribution in [0.2, 0.25) is 0 Å². The molecule has 0 heterocycles. The Labute approximate surface area is 126 Å². The van der Waals surface area contributed by atoms with Gasteiger partial charge in [-0.25, -0.2) is 8.42 Å². The third-order valence-corrected chi connectivity index (χ3v) is 4.60. The Morgan fingerprint density at radius 3 is 2.14 bits per heavy atom. The fourth-order valence-electron chi connectivity index (χ4n) is 1.94. The van der Waals surface area contributed by atoms with Crippen LogP contribution in [0.25, 0.3) is 0 Å². The highest BCUT2D eigenvalue weighted by atomic mass is 32.2. The first-order valence-electron chi connectivity index (χ1n) is 6.84. The number of nitrogens with one attached hydrogen (secondary N) is 2. The highest BCUT2D eigenvalue weighted by molar-refractivity contribution is 7.92. The Bertz CT molecular complexity index is 677. The van der Waals surface area contributed by atoms with Gasteiger partial charge in [0, 0.05) is 5.69 Å². The average Bonchev–Trinajstić information content (AvgIpc) is 2.48. The van der Waals surface area contributed by atoms with Crippen molar-refractivity contribution in [3.63, 3.8) is 0 Å². The first-order chi connectivity index (χ1) is 10.0. The van der Waals surface area contributed by atoms with Gasteiger partial charge >= 0.3 is 0 Å². The highest BCUT2D eigenvalue weighted by Gasteiger charge is 2.13. The molecule has 21 heavy (non-hydrogen) atoms. The lowest BCUT2D eigenvalue weighted by molar-refractivity contribution is 0.601. The largest absolute Gasteiger partial charge is 0.319 e. The number of likely N-dealkylation sites (N-methyl/N-ethyl adjacent to an activating group) is 1. The van der Waals surface area contributed by atoms with E-state index in [-0.39, 0.29) is 4.90 Å². The summed E-state index contributed by atoms with van der Waals surface area (Å²) in [7, 11) is -1.64. The minimum absolute atomic E-state index is 0.274. The van der Waals surface area contributed by atoms with Crippen molar-refractivity contribution < 1.29 is 8.42 Å². The Morgan fingerprint density at radius 2 is 1.57 bits per heavy atom. The van der Waals surface area contributed by atoms with Crippen LogP contribution in [0.1, 0.15) is 11.1 Å². The van der Waals surface area contributed by atoms with E-state index in [2.05, 4.69) is 10.0 Å². The van der Waals surface area contributed by atoms with Crippen molar-refractivity contribution in [1.29, 1.82) is 0 Å². The van der Waals surface area contributed by atoms with Crippen molar-refractivity contribution in [2.24, 2.45) is 0 Å². The van der Waals surface area contributed by atoms with Crippen LogP contribution in [0.5, 0.6) is 0 Å². The van der Waals surface area contributed by atoms with E-state index in [1.807, 2.05) is 38.2 Å². The molecule has 0 aromatic heterocycles. The maximum Gasteiger partial charge on any atom is 0.261 e. The van der Waals surface area contributed by atoms with E-state index in [4.69, 9.17) is 0 Å². The molecule has 2 aromatic rings. The van der Waals surface area contributed by atoms with Gasteiger partial charge < -0.3 is 5.32 Å². The van der Waals surface area contributed by atoms with Gasteiger partial charge in [-0.2, -0.15) is 0 Å². The second kappa shape index (κ2) is 6.74. The predicted molar refractivity (Wildman–Crippen MR) is 86.1 cm³/mol. The molecule has 4 nitrogen and oxygen atoms in total. The highest BCUT2D eigenvalue weighted by Crippen LogP contribution is 2.17. The summed E-state index contributed by atoms with van der Waals surface area (Å²) in [6.45, 7) is 2.83. The summed E-state index contributed by atoms with van der Waals surface area (Å²) >= 11 is 0. The fraction of sp³-hybridized carbons (Fsp3) is 0.250. The molecular formula is C16H20N2O2S. The number of benzene rings is 2. The standard InChI is InChI=1S/C16H20N2O2S/c1-13-3-7-15(8-4-13)18-21(19,20)16-9-5-14(6-10-16)11-12-17-2/h3-10,17-18H,11-12H2,1-2H3. The van der Waals surface area contributed by atoms with Gasteiger partial charge in [-0.05, 0) is 56.8 Å². The predicted octanol–water partition coefficient (Wildman–Crippen LogP) is 2.56. The third-order valence-electron chi connectivity index (χ3n) is 3.20. The fourth-order valence-corrected chi connectivity index (χ4v) is 3.00. The van der Waals surface area contributed by atoms with E-state index in [1.165, 1.54) is 0 Å². The summed E-state index contributed by atoms with van der Waals surface area (Å²) in [6, 6.07) is 14.2. The molecule has 2 N–H and O–H groups in total. The number of rotatable bonds is 6. The second-order valence-electron chi connectivity index (χ2n) is 4.97. The van der Waals surface area contributed by atoms with Crippen molar-refractivity contribution in [3.8, 4) is 0 Å². The van der Waals surface area contributed by atoms with Crippen molar-refractivity contribution >= 4 is 15.7 Å². The molecule has 2 rings (SSSR count). The average molecular weight is 304 g/mol. The number of hydrogen-bond acceptors (Lipinski definition) is 3. The maximum atomic E-state index is 12.3. The minimum atomic E-state index is -3.53. The molecule has 0 bridgehead atoms. The van der Waals surface area contributed by atoms with Crippen molar-refractivity contribution in [2.75, 3.05) is 18.3 Å². The summed E-state index contributed by atoms with van der Waals surface area (Å²) in [4.78, 5) is 0.274. The Balaban J connectivity index is 2.13. The summed E-state index contributed by atoms with van der Waals surface area (Å²) in [5.74, 6) is 0. The van der Waals surface area contributed by atoms with Gasteiger partial charge in [0.25, 0.3) is 10.0 Å². The molecule has 0 aliphatic heterocycles. The molecule has 0 aliphatic rings. The van der Waals surface area contributed by atoms with Crippen LogP contribution in [0.4, 0.5) is 5.69 Å². The molecule has 0 aliphatic carbocycles. The number of hydrogen-bond donors (Lipinski definition) is 2. The lowest BCUT2D eigenvalue weighted by atomic mass is 10.1. The first kappa shape index (κ1) is 15.5. The molecule has 0 atom stereocenters. The number of sulfonamides is 1. The molecule has 0 spiro atoms. The van der Waals surface area contributed by atoms with E-state index in [1.54, 1.807) is 24.3 Å². The molecule has 2 aromatic carbocycles. The molecule has 0 amide bonds. The smallest absolute Gasteiger partial charge is 0.261 e. The van der Waals surface area contributed by atoms with Gasteiger partial charge in [-0.3, -0.25) is 4.72 Å². The van der Waals surface area contributed by atoms with Crippen LogP contribution in [0.3, 0.4) is 0 Å². The van der Waals surface area contributed by atoms with Crippen molar-refractivity contribution in [3.05, 3.63) is 59.7 Å². The zero-order chi connectivity index (χ0) is 15.3. The summed E-state index contributed by atoms with van der Waals surface area (Å²) < 4.78 is 27.2. The SMILES string of the molecule is CNCCc1ccc(S(=O)(=O)Nc2ccc(C)cc2)cc1. The van der Waals surface area contributed by atoms with Gasteiger partial charge in [0.05, 0.1) is 4.90 Å². The van der Waals surface area contributed by atoms with Crippen molar-refractivity contribution in [1.82, 2.24) is 5.32 Å². The first-order valence-corrected chi connectivity index (χ1v) is 8.32. The monoisotopic (exact) mass is 304 g/mol. The van der Waals surface area contributed by atoms with E-state index < -0.39 is 10.0 Å². The molecule has 5 heteroatoms. The zero-order valence-electron chi connectivity index (χ0n) is 12.3. The number of anilines is 1. The Morgan fingerprint density at radius 1 is 0.952 bits per heavy atom. The molecule has 0 saturated carbocycles. The maximum absolute atomic E-state index is 12.3. The molecule has 0 saturated heterocycles. The van der Waals surface area contributed by atoms with Crippen LogP contribution >= 0.6 is 0 Å². The molecule has 0 fully saturated rings. The van der Waals surface area contributed by atoms with Crippen LogP contribution < -0.4 is 10.0 Å². The van der Waals surface area contributed by atoms with E-state index in [0.29, 0.717) is 5.69 Å². The topological polar surface area (TPSA) is 58.2 Å². The summed E-state index contributed by atoms with van der Waals surface area (Å²) in [5.41, 5.74) is 2.77. The van der Waals surface area contributed by atoms with Gasteiger partial charge in [0.2, 0.25) is 0 Å². The van der Waals surface area contributed by atoms with Crippen LogP contribution in [-0.2, 0) is 16.4 Å². The van der Waals surface area contributed by atoms with Crippen LogP contribution in [0.15, 0.2) is 53.4 Å². The third kappa shape index (κ3) is 4.31. The van der Waals surface area contributed by atoms with Crippen molar-refractivity contribution in [2.45, 2.75) is 18.2 Å². The van der Waals surface area contributed by atoms with E-state index in [9.17, 15) is 8.42 Å². The normalized spacial score (nSPS) is 11.3. The van der Waals surface area contributed by atoms with Crippen LogP contribution in [-0.4, -0.2) is 22.0 Å². The molecule has 0 unspecified atom stereocenters. The van der Waals surface area contributed by atoms with Gasteiger partial charge in [-0.1, -0.05) is 29.8 Å². The zero-order valence-corrected chi connectivity index (χ0v) is 13.1. The lowest BCUT2D eigenvalue weighted by Crippen LogP contribution is -2.13. The quantitative estimate of drug-likeness (QED) is 0.862. The number of aryl methyl sites for hydroxylation is 1. The molecule has 112 valence electrons. The Hall–Kier alpha value is -1.85. The van der Waals surface area contributed by atoms with Crippen LogP contribution in [0, 0.1) is 6.92 Å². The van der Waals surface area contributed by atoms with Gasteiger partial charge in [0.15, 0.2) is 0 Å². The van der Waals surface area contributed by atoms with E-state index >= 15 is 0 Å². The molecular weight excluding hydrogens is 284 g/mol. The van der Waals surface area contributed by atoms with E-state index in [0.717, 1.165) is 24.1 Å². The Kier molecular flexibility index (Phi) is 4.98. The second-order valence-corrected chi connectivity index (χ2v) is 6.65. The molecule has 0 radical (unpaired) electrons. The van der Waals surface area contributed by atoms with Gasteiger partial charge in [-0.15, -0.1) is 0 Å². The lowest BCUT2D eigenvalue weighted by Gasteiger charge is -2.09. The summed E-state index contributed by atoms with van der Waals surface area (Å²) in [5, 5.41) is 3.07. The summed E-state index contributed by atoms with van der Waals surface area (Å²) in [6.07, 6.45) is 0.877. The van der Waals surface area contributed by atoms with Gasteiger partial charge in [0.1, 0.15) is 0 Å². The minimum Gasteiger partial charge on any atom is -0.319 e.